The first kappa shape index (κ1) is 10.6. The van der Waals surface area contributed by atoms with E-state index in [2.05, 4.69) is 11.4 Å². The highest BCUT2D eigenvalue weighted by molar-refractivity contribution is 7.10. The zero-order valence-electron chi connectivity index (χ0n) is 8.90. The highest BCUT2D eigenvalue weighted by Crippen LogP contribution is 2.24. The lowest BCUT2D eigenvalue weighted by Crippen LogP contribution is -2.40. The fourth-order valence-electron chi connectivity index (χ4n) is 1.85. The van der Waals surface area contributed by atoms with Gasteiger partial charge in [0, 0.05) is 30.4 Å². The number of carbonyl (C=O) groups is 1. The minimum absolute atomic E-state index is 0.0508. The van der Waals surface area contributed by atoms with E-state index in [4.69, 9.17) is 5.73 Å². The summed E-state index contributed by atoms with van der Waals surface area (Å²) in [7, 11) is 0. The summed E-state index contributed by atoms with van der Waals surface area (Å²) in [5.41, 5.74) is 6.82. The summed E-state index contributed by atoms with van der Waals surface area (Å²) >= 11 is 1.79. The van der Waals surface area contributed by atoms with Crippen LogP contribution in [0.25, 0.3) is 0 Å². The van der Waals surface area contributed by atoms with Gasteiger partial charge in [0.15, 0.2) is 0 Å². The fourth-order valence-corrected chi connectivity index (χ4v) is 2.74. The van der Waals surface area contributed by atoms with Crippen LogP contribution in [0.4, 0.5) is 0 Å². The Kier molecular flexibility index (Phi) is 3.07. The molecule has 0 saturated heterocycles. The van der Waals surface area contributed by atoms with Crippen molar-refractivity contribution < 1.29 is 4.79 Å². The van der Waals surface area contributed by atoms with Gasteiger partial charge in [-0.15, -0.1) is 11.3 Å². The van der Waals surface area contributed by atoms with Gasteiger partial charge in [-0.05, 0) is 23.4 Å². The van der Waals surface area contributed by atoms with Crippen molar-refractivity contribution in [2.45, 2.75) is 19.9 Å². The maximum Gasteiger partial charge on any atom is 0.226 e. The minimum Gasteiger partial charge on any atom is -0.338 e. The quantitative estimate of drug-likeness (QED) is 0.821. The van der Waals surface area contributed by atoms with Crippen LogP contribution >= 0.6 is 11.3 Å². The molecule has 1 aliphatic rings. The van der Waals surface area contributed by atoms with E-state index in [1.807, 2.05) is 11.8 Å². The second kappa shape index (κ2) is 4.33. The first-order valence-electron chi connectivity index (χ1n) is 5.26. The van der Waals surface area contributed by atoms with Crippen LogP contribution < -0.4 is 5.73 Å². The van der Waals surface area contributed by atoms with Gasteiger partial charge in [-0.25, -0.2) is 0 Å². The van der Waals surface area contributed by atoms with Gasteiger partial charge in [0.05, 0.1) is 0 Å². The van der Waals surface area contributed by atoms with Crippen molar-refractivity contribution >= 4 is 17.2 Å². The molecule has 1 aromatic rings. The number of hydrogen-bond acceptors (Lipinski definition) is 3. The third-order valence-corrected chi connectivity index (χ3v) is 3.92. The van der Waals surface area contributed by atoms with Crippen molar-refractivity contribution in [2.24, 2.45) is 11.7 Å². The Bertz CT molecular complexity index is 361. The summed E-state index contributed by atoms with van der Waals surface area (Å²) in [4.78, 5) is 15.3. The number of fused-ring (bicyclic) bond motifs is 1. The van der Waals surface area contributed by atoms with Crippen molar-refractivity contribution in [1.82, 2.24) is 4.90 Å². The molecule has 15 heavy (non-hydrogen) atoms. The molecule has 1 atom stereocenters. The summed E-state index contributed by atoms with van der Waals surface area (Å²) < 4.78 is 0. The summed E-state index contributed by atoms with van der Waals surface area (Å²) in [6.45, 7) is 3.94. The van der Waals surface area contributed by atoms with Gasteiger partial charge >= 0.3 is 0 Å². The molecule has 0 spiro atoms. The van der Waals surface area contributed by atoms with Crippen LogP contribution in [-0.2, 0) is 17.8 Å². The molecule has 0 aromatic carbocycles. The first-order valence-corrected chi connectivity index (χ1v) is 6.14. The highest BCUT2D eigenvalue weighted by Gasteiger charge is 2.24. The lowest BCUT2D eigenvalue weighted by molar-refractivity contribution is -0.135. The van der Waals surface area contributed by atoms with Gasteiger partial charge in [-0.2, -0.15) is 0 Å². The molecular weight excluding hydrogens is 208 g/mol. The zero-order valence-corrected chi connectivity index (χ0v) is 9.72. The van der Waals surface area contributed by atoms with E-state index in [0.29, 0.717) is 6.54 Å². The maximum absolute atomic E-state index is 11.9. The lowest BCUT2D eigenvalue weighted by atomic mass is 10.1. The molecule has 0 radical (unpaired) electrons. The number of thiophene rings is 1. The molecule has 2 rings (SSSR count). The Morgan fingerprint density at radius 3 is 3.27 bits per heavy atom. The molecule has 1 unspecified atom stereocenters. The Morgan fingerprint density at radius 1 is 1.73 bits per heavy atom. The van der Waals surface area contributed by atoms with Crippen molar-refractivity contribution in [2.75, 3.05) is 13.1 Å². The SMILES string of the molecule is CC(CN)C(=O)N1CCc2sccc2C1. The van der Waals surface area contributed by atoms with E-state index in [1.165, 1.54) is 10.4 Å². The zero-order chi connectivity index (χ0) is 10.8. The van der Waals surface area contributed by atoms with Crippen LogP contribution in [0, 0.1) is 5.92 Å². The Balaban J connectivity index is 2.06. The molecule has 0 bridgehead atoms. The molecule has 1 aliphatic heterocycles. The van der Waals surface area contributed by atoms with E-state index in [1.54, 1.807) is 11.3 Å². The van der Waals surface area contributed by atoms with Crippen LogP contribution in [-0.4, -0.2) is 23.9 Å². The first-order chi connectivity index (χ1) is 7.22. The summed E-state index contributed by atoms with van der Waals surface area (Å²) in [5.74, 6) is 0.138. The smallest absolute Gasteiger partial charge is 0.226 e. The monoisotopic (exact) mass is 224 g/mol. The maximum atomic E-state index is 11.9. The third kappa shape index (κ3) is 2.06. The molecule has 0 aliphatic carbocycles. The topological polar surface area (TPSA) is 46.3 Å². The van der Waals surface area contributed by atoms with Gasteiger partial charge in [-0.3, -0.25) is 4.79 Å². The van der Waals surface area contributed by atoms with Gasteiger partial charge in [0.2, 0.25) is 5.91 Å². The Hall–Kier alpha value is -0.870. The van der Waals surface area contributed by atoms with Crippen LogP contribution in [0.15, 0.2) is 11.4 Å². The van der Waals surface area contributed by atoms with Gasteiger partial charge in [0.1, 0.15) is 0 Å². The van der Waals surface area contributed by atoms with Crippen LogP contribution in [0.3, 0.4) is 0 Å². The van der Waals surface area contributed by atoms with Crippen molar-refractivity contribution in [3.63, 3.8) is 0 Å². The van der Waals surface area contributed by atoms with Crippen molar-refractivity contribution in [3.8, 4) is 0 Å². The molecule has 0 fully saturated rings. The molecule has 1 aromatic heterocycles. The second-order valence-corrected chi connectivity index (χ2v) is 5.02. The third-order valence-electron chi connectivity index (χ3n) is 2.89. The number of nitrogens with two attached hydrogens (primary N) is 1. The van der Waals surface area contributed by atoms with Crippen molar-refractivity contribution in [3.05, 3.63) is 21.9 Å². The number of amides is 1. The molecular formula is C11H16N2OS. The normalized spacial score (nSPS) is 17.3. The van der Waals surface area contributed by atoms with Crippen LogP contribution in [0.5, 0.6) is 0 Å². The van der Waals surface area contributed by atoms with Gasteiger partial charge in [-0.1, -0.05) is 6.92 Å². The van der Waals surface area contributed by atoms with E-state index < -0.39 is 0 Å². The highest BCUT2D eigenvalue weighted by atomic mass is 32.1. The van der Waals surface area contributed by atoms with E-state index in [0.717, 1.165) is 19.5 Å². The van der Waals surface area contributed by atoms with E-state index in [-0.39, 0.29) is 11.8 Å². The van der Waals surface area contributed by atoms with E-state index >= 15 is 0 Å². The standard InChI is InChI=1S/C11H16N2OS/c1-8(6-12)11(14)13-4-2-10-9(7-13)3-5-15-10/h3,5,8H,2,4,6-7,12H2,1H3. The average Bonchev–Trinajstić information content (AvgIpc) is 2.73. The molecule has 4 heteroatoms. The van der Waals surface area contributed by atoms with Crippen LogP contribution in [0.2, 0.25) is 0 Å². The second-order valence-electron chi connectivity index (χ2n) is 4.02. The largest absolute Gasteiger partial charge is 0.338 e. The predicted octanol–water partition coefficient (Wildman–Crippen LogP) is 1.23. The predicted molar refractivity (Wildman–Crippen MR) is 61.7 cm³/mol. The summed E-state index contributed by atoms with van der Waals surface area (Å²) in [5, 5.41) is 2.10. The summed E-state index contributed by atoms with van der Waals surface area (Å²) in [6, 6.07) is 2.12. The molecule has 3 nitrogen and oxygen atoms in total. The average molecular weight is 224 g/mol. The molecule has 2 N–H and O–H groups in total. The molecule has 0 saturated carbocycles. The fraction of sp³-hybridized carbons (Fsp3) is 0.545. The summed E-state index contributed by atoms with van der Waals surface area (Å²) in [6.07, 6.45) is 0.996. The lowest BCUT2D eigenvalue weighted by Gasteiger charge is -2.29. The van der Waals surface area contributed by atoms with Crippen LogP contribution in [0.1, 0.15) is 17.4 Å². The molecule has 1 amide bonds. The minimum atomic E-state index is -0.0508. The van der Waals surface area contributed by atoms with Crippen molar-refractivity contribution in [1.29, 1.82) is 0 Å². The number of rotatable bonds is 2. The Labute approximate surface area is 93.9 Å². The Morgan fingerprint density at radius 2 is 2.53 bits per heavy atom. The van der Waals surface area contributed by atoms with Gasteiger partial charge < -0.3 is 10.6 Å². The molecule has 2 heterocycles. The number of nitrogens with zero attached hydrogens (tertiary/aromatic N) is 1. The number of hydrogen-bond donors (Lipinski definition) is 1. The number of carbonyl (C=O) groups excluding carboxylic acids is 1. The van der Waals surface area contributed by atoms with Gasteiger partial charge in [0.25, 0.3) is 0 Å². The molecule has 82 valence electrons. The van der Waals surface area contributed by atoms with E-state index in [9.17, 15) is 4.79 Å².